The van der Waals surface area contributed by atoms with Crippen molar-refractivity contribution in [3.05, 3.63) is 63.2 Å². The molecule has 0 spiro atoms. The van der Waals surface area contributed by atoms with Crippen molar-refractivity contribution in [1.29, 1.82) is 0 Å². The largest absolute Gasteiger partial charge is 0.355 e. The molecule has 0 fully saturated rings. The molecule has 8 heteroatoms. The van der Waals surface area contributed by atoms with Crippen molar-refractivity contribution in [2.45, 2.75) is 19.0 Å². The maximum atomic E-state index is 12.1. The molecule has 2 heterocycles. The minimum atomic E-state index is -0.482. The van der Waals surface area contributed by atoms with Crippen molar-refractivity contribution in [2.75, 3.05) is 11.1 Å². The first-order valence-electron chi connectivity index (χ1n) is 7.48. The molecule has 0 unspecified atom stereocenters. The number of anilines is 1. The van der Waals surface area contributed by atoms with Gasteiger partial charge in [-0.15, -0.1) is 0 Å². The van der Waals surface area contributed by atoms with Crippen LogP contribution in [0.15, 0.2) is 46.5 Å². The first kappa shape index (κ1) is 17.4. The molecule has 0 radical (unpaired) electrons. The Bertz CT molecular complexity index is 1020. The predicted octanol–water partition coefficient (Wildman–Crippen LogP) is 3.09. The van der Waals surface area contributed by atoms with E-state index in [-0.39, 0.29) is 16.8 Å². The molecule has 0 aliphatic heterocycles. The summed E-state index contributed by atoms with van der Waals surface area (Å²) in [6.45, 7) is 3.94. The number of benzene rings is 1. The molecule has 0 saturated carbocycles. The average Bonchev–Trinajstić information content (AvgIpc) is 2.56. The summed E-state index contributed by atoms with van der Waals surface area (Å²) in [6.07, 6.45) is 1.46. The highest BCUT2D eigenvalue weighted by Crippen LogP contribution is 2.18. The van der Waals surface area contributed by atoms with Crippen molar-refractivity contribution in [1.82, 2.24) is 14.4 Å². The molecule has 0 saturated heterocycles. The van der Waals surface area contributed by atoms with Crippen LogP contribution in [0.5, 0.6) is 0 Å². The lowest BCUT2D eigenvalue weighted by molar-refractivity contribution is -0.113. The SMILES string of the molecule is Cc1ccc(NC(=O)CSc2nc(=O)n3cc(Cl)ccc3n2)c(C)c1. The third kappa shape index (κ3) is 4.18. The number of amides is 1. The van der Waals surface area contributed by atoms with Crippen molar-refractivity contribution in [3.8, 4) is 0 Å². The fourth-order valence-electron chi connectivity index (χ4n) is 2.30. The molecular formula is C17H15ClN4O2S. The van der Waals surface area contributed by atoms with Crippen molar-refractivity contribution in [3.63, 3.8) is 0 Å². The predicted molar refractivity (Wildman–Crippen MR) is 99.5 cm³/mol. The Labute approximate surface area is 153 Å². The summed E-state index contributed by atoms with van der Waals surface area (Å²) in [5.41, 5.74) is 2.85. The lowest BCUT2D eigenvalue weighted by atomic mass is 10.1. The summed E-state index contributed by atoms with van der Waals surface area (Å²) in [7, 11) is 0. The summed E-state index contributed by atoms with van der Waals surface area (Å²) in [5.74, 6) is -0.0758. The minimum absolute atomic E-state index is 0.108. The minimum Gasteiger partial charge on any atom is -0.325 e. The zero-order valence-electron chi connectivity index (χ0n) is 13.6. The first-order valence-corrected chi connectivity index (χ1v) is 8.84. The van der Waals surface area contributed by atoms with Crippen LogP contribution in [0.2, 0.25) is 5.02 Å². The lowest BCUT2D eigenvalue weighted by Gasteiger charge is -2.09. The number of carbonyl (C=O) groups excluding carboxylic acids is 1. The highest BCUT2D eigenvalue weighted by molar-refractivity contribution is 7.99. The molecule has 1 aromatic carbocycles. The fourth-order valence-corrected chi connectivity index (χ4v) is 3.10. The van der Waals surface area contributed by atoms with E-state index >= 15 is 0 Å². The summed E-state index contributed by atoms with van der Waals surface area (Å²) < 4.78 is 1.27. The van der Waals surface area contributed by atoms with Gasteiger partial charge in [-0.2, -0.15) is 4.98 Å². The van der Waals surface area contributed by atoms with E-state index in [1.165, 1.54) is 10.6 Å². The van der Waals surface area contributed by atoms with Gasteiger partial charge in [0, 0.05) is 11.9 Å². The number of carbonyl (C=O) groups is 1. The van der Waals surface area contributed by atoms with E-state index in [0.29, 0.717) is 10.7 Å². The quantitative estimate of drug-likeness (QED) is 0.710. The Balaban J connectivity index is 1.70. The summed E-state index contributed by atoms with van der Waals surface area (Å²) >= 11 is 6.97. The number of nitrogens with zero attached hydrogens (tertiary/aromatic N) is 3. The van der Waals surface area contributed by atoms with Gasteiger partial charge in [-0.25, -0.2) is 14.2 Å². The zero-order valence-corrected chi connectivity index (χ0v) is 15.2. The molecule has 2 aromatic heterocycles. The van der Waals surface area contributed by atoms with Crippen molar-refractivity contribution < 1.29 is 4.79 Å². The summed E-state index contributed by atoms with van der Waals surface area (Å²) in [5, 5.41) is 3.53. The monoisotopic (exact) mass is 374 g/mol. The number of thioether (sulfide) groups is 1. The van der Waals surface area contributed by atoms with E-state index < -0.39 is 5.69 Å². The normalized spacial score (nSPS) is 10.8. The van der Waals surface area contributed by atoms with Crippen LogP contribution in [0.4, 0.5) is 5.69 Å². The maximum Gasteiger partial charge on any atom is 0.355 e. The van der Waals surface area contributed by atoms with E-state index in [2.05, 4.69) is 15.3 Å². The Hall–Kier alpha value is -2.38. The van der Waals surface area contributed by atoms with E-state index in [1.807, 2.05) is 32.0 Å². The summed E-state index contributed by atoms with van der Waals surface area (Å²) in [4.78, 5) is 32.3. The van der Waals surface area contributed by atoms with Crippen molar-refractivity contribution >= 4 is 40.6 Å². The van der Waals surface area contributed by atoms with Crippen LogP contribution >= 0.6 is 23.4 Å². The maximum absolute atomic E-state index is 12.1. The van der Waals surface area contributed by atoms with Gasteiger partial charge in [0.25, 0.3) is 0 Å². The van der Waals surface area contributed by atoms with Gasteiger partial charge < -0.3 is 5.32 Å². The molecule has 0 aliphatic carbocycles. The van der Waals surface area contributed by atoms with Crippen molar-refractivity contribution in [2.24, 2.45) is 0 Å². The number of aromatic nitrogens is 3. The van der Waals surface area contributed by atoms with E-state index in [9.17, 15) is 9.59 Å². The van der Waals surface area contributed by atoms with Crippen LogP contribution in [0.25, 0.3) is 5.65 Å². The average molecular weight is 375 g/mol. The van der Waals surface area contributed by atoms with Gasteiger partial charge in [-0.05, 0) is 37.6 Å². The van der Waals surface area contributed by atoms with E-state index in [1.54, 1.807) is 12.1 Å². The standard InChI is InChI=1S/C17H15ClN4O2S/c1-10-3-5-13(11(2)7-10)19-15(23)9-25-16-20-14-6-4-12(18)8-22(14)17(24)21-16/h3-8H,9H2,1-2H3,(H,19,23). The third-order valence-electron chi connectivity index (χ3n) is 3.49. The molecule has 0 aliphatic rings. The number of fused-ring (bicyclic) bond motifs is 1. The lowest BCUT2D eigenvalue weighted by Crippen LogP contribution is -2.20. The van der Waals surface area contributed by atoms with Crippen LogP contribution in [-0.2, 0) is 4.79 Å². The number of halogens is 1. The number of aryl methyl sites for hydroxylation is 2. The second kappa shape index (κ2) is 7.25. The number of pyridine rings is 1. The van der Waals surface area contributed by atoms with Crippen LogP contribution < -0.4 is 11.0 Å². The number of hydrogen-bond donors (Lipinski definition) is 1. The molecule has 25 heavy (non-hydrogen) atoms. The Kier molecular flexibility index (Phi) is 5.06. The number of hydrogen-bond acceptors (Lipinski definition) is 5. The van der Waals surface area contributed by atoms with Gasteiger partial charge in [0.15, 0.2) is 5.16 Å². The molecule has 1 N–H and O–H groups in total. The zero-order chi connectivity index (χ0) is 18.0. The second-order valence-corrected chi connectivity index (χ2v) is 6.90. The van der Waals surface area contributed by atoms with Crippen LogP contribution in [-0.4, -0.2) is 26.0 Å². The topological polar surface area (TPSA) is 76.4 Å². The molecule has 6 nitrogen and oxygen atoms in total. The molecule has 0 bridgehead atoms. The highest BCUT2D eigenvalue weighted by atomic mass is 35.5. The number of nitrogens with one attached hydrogen (secondary N) is 1. The Morgan fingerprint density at radius 1 is 1.24 bits per heavy atom. The molecule has 3 aromatic rings. The Morgan fingerprint density at radius 3 is 2.80 bits per heavy atom. The molecule has 128 valence electrons. The van der Waals surface area contributed by atoms with Gasteiger partial charge in [0.1, 0.15) is 5.65 Å². The van der Waals surface area contributed by atoms with Crippen LogP contribution in [0.3, 0.4) is 0 Å². The van der Waals surface area contributed by atoms with Crippen LogP contribution in [0, 0.1) is 13.8 Å². The third-order valence-corrected chi connectivity index (χ3v) is 4.56. The van der Waals surface area contributed by atoms with E-state index in [4.69, 9.17) is 11.6 Å². The molecule has 1 amide bonds. The highest BCUT2D eigenvalue weighted by Gasteiger charge is 2.09. The first-order chi connectivity index (χ1) is 11.9. The molecule has 3 rings (SSSR count). The fraction of sp³-hybridized carbons (Fsp3) is 0.176. The van der Waals surface area contributed by atoms with Gasteiger partial charge in [0.2, 0.25) is 5.91 Å². The van der Waals surface area contributed by atoms with E-state index in [0.717, 1.165) is 28.6 Å². The summed E-state index contributed by atoms with van der Waals surface area (Å²) in [6, 6.07) is 9.08. The van der Waals surface area contributed by atoms with Crippen LogP contribution in [0.1, 0.15) is 11.1 Å². The van der Waals surface area contributed by atoms with Gasteiger partial charge in [0.05, 0.1) is 10.8 Å². The number of rotatable bonds is 4. The van der Waals surface area contributed by atoms with Gasteiger partial charge >= 0.3 is 5.69 Å². The second-order valence-electron chi connectivity index (χ2n) is 5.52. The Morgan fingerprint density at radius 2 is 2.04 bits per heavy atom. The molecular weight excluding hydrogens is 360 g/mol. The van der Waals surface area contributed by atoms with Gasteiger partial charge in [-0.3, -0.25) is 4.79 Å². The molecule has 0 atom stereocenters. The smallest absolute Gasteiger partial charge is 0.325 e. The van der Waals surface area contributed by atoms with Gasteiger partial charge in [-0.1, -0.05) is 41.1 Å².